The van der Waals surface area contributed by atoms with Crippen molar-refractivity contribution in [2.45, 2.75) is 37.7 Å². The zero-order valence-corrected chi connectivity index (χ0v) is 13.1. The number of hydrogen-bond acceptors (Lipinski definition) is 4. The SMILES string of the molecule is COc1ccc(C2CN=CNC2)cc1O[C@H]1C[C@H]2CC[C@H]1C2. The van der Waals surface area contributed by atoms with Crippen LogP contribution in [-0.2, 0) is 0 Å². The van der Waals surface area contributed by atoms with E-state index in [1.165, 1.54) is 31.2 Å². The van der Waals surface area contributed by atoms with E-state index >= 15 is 0 Å². The van der Waals surface area contributed by atoms with Crippen molar-refractivity contribution in [2.24, 2.45) is 16.8 Å². The molecule has 3 aliphatic rings. The van der Waals surface area contributed by atoms with Crippen LogP contribution in [0.3, 0.4) is 0 Å². The molecular weight excluding hydrogens is 276 g/mol. The van der Waals surface area contributed by atoms with Gasteiger partial charge in [0.1, 0.15) is 6.10 Å². The van der Waals surface area contributed by atoms with Crippen LogP contribution in [0.25, 0.3) is 0 Å². The van der Waals surface area contributed by atoms with Crippen molar-refractivity contribution in [1.29, 1.82) is 0 Å². The largest absolute Gasteiger partial charge is 0.493 e. The first-order chi connectivity index (χ1) is 10.8. The molecule has 4 heteroatoms. The highest BCUT2D eigenvalue weighted by Gasteiger charge is 2.41. The summed E-state index contributed by atoms with van der Waals surface area (Å²) < 4.78 is 11.9. The average molecular weight is 300 g/mol. The number of ether oxygens (including phenoxy) is 2. The number of methoxy groups -OCH3 is 1. The van der Waals surface area contributed by atoms with Gasteiger partial charge in [-0.2, -0.15) is 0 Å². The molecule has 0 amide bonds. The number of fused-ring (bicyclic) bond motifs is 2. The third kappa shape index (κ3) is 2.55. The van der Waals surface area contributed by atoms with Crippen molar-refractivity contribution in [3.63, 3.8) is 0 Å². The van der Waals surface area contributed by atoms with Crippen LogP contribution in [0, 0.1) is 11.8 Å². The molecule has 1 unspecified atom stereocenters. The summed E-state index contributed by atoms with van der Waals surface area (Å²) in [5.41, 5.74) is 1.28. The van der Waals surface area contributed by atoms with E-state index in [2.05, 4.69) is 22.4 Å². The van der Waals surface area contributed by atoms with Crippen LogP contribution in [0.1, 0.15) is 37.2 Å². The van der Waals surface area contributed by atoms with E-state index in [1.807, 2.05) is 6.07 Å². The van der Waals surface area contributed by atoms with Gasteiger partial charge in [-0.15, -0.1) is 0 Å². The van der Waals surface area contributed by atoms with Crippen LogP contribution < -0.4 is 14.8 Å². The monoisotopic (exact) mass is 300 g/mol. The minimum Gasteiger partial charge on any atom is -0.493 e. The molecular formula is C18H24N2O2. The van der Waals surface area contributed by atoms with Gasteiger partial charge in [0.2, 0.25) is 0 Å². The summed E-state index contributed by atoms with van der Waals surface area (Å²) in [7, 11) is 1.72. The molecule has 4 nitrogen and oxygen atoms in total. The number of rotatable bonds is 4. The van der Waals surface area contributed by atoms with E-state index in [0.29, 0.717) is 12.0 Å². The van der Waals surface area contributed by atoms with Gasteiger partial charge in [0.15, 0.2) is 11.5 Å². The molecule has 118 valence electrons. The van der Waals surface area contributed by atoms with Crippen molar-refractivity contribution in [3.8, 4) is 11.5 Å². The summed E-state index contributed by atoms with van der Waals surface area (Å²) in [4.78, 5) is 4.33. The number of nitrogens with one attached hydrogen (secondary N) is 1. The molecule has 1 aromatic carbocycles. The predicted molar refractivity (Wildman–Crippen MR) is 87.0 cm³/mol. The minimum atomic E-state index is 0.380. The maximum atomic E-state index is 6.38. The number of benzene rings is 1. The quantitative estimate of drug-likeness (QED) is 0.929. The normalized spacial score (nSPS) is 32.8. The maximum Gasteiger partial charge on any atom is 0.161 e. The number of aliphatic imine (C=N–C) groups is 1. The zero-order chi connectivity index (χ0) is 14.9. The molecule has 1 aliphatic heterocycles. The summed E-state index contributed by atoms with van der Waals surface area (Å²) in [5.74, 6) is 3.81. The zero-order valence-electron chi connectivity index (χ0n) is 13.1. The van der Waals surface area contributed by atoms with Gasteiger partial charge < -0.3 is 14.8 Å². The Morgan fingerprint density at radius 2 is 2.14 bits per heavy atom. The highest BCUT2D eigenvalue weighted by molar-refractivity contribution is 5.56. The van der Waals surface area contributed by atoms with E-state index < -0.39 is 0 Å². The Kier molecular flexibility index (Phi) is 3.68. The Morgan fingerprint density at radius 3 is 2.82 bits per heavy atom. The lowest BCUT2D eigenvalue weighted by Gasteiger charge is -2.25. The Balaban J connectivity index is 1.55. The highest BCUT2D eigenvalue weighted by Crippen LogP contribution is 2.47. The minimum absolute atomic E-state index is 0.380. The molecule has 0 spiro atoms. The van der Waals surface area contributed by atoms with Crippen molar-refractivity contribution in [2.75, 3.05) is 20.2 Å². The molecule has 1 aromatic rings. The third-order valence-electron chi connectivity index (χ3n) is 5.48. The number of hydrogen-bond donors (Lipinski definition) is 1. The standard InChI is InChI=1S/C18H24N2O2/c1-21-16-5-4-13(15-9-19-11-20-10-15)8-18(16)22-17-7-12-2-3-14(17)6-12/h4-5,8,11-12,14-15,17H,2-3,6-7,9-10H2,1H3,(H,19,20)/t12-,14-,17-/m0/s1. The van der Waals surface area contributed by atoms with Crippen LogP contribution in [0.5, 0.6) is 11.5 Å². The molecule has 2 bridgehead atoms. The molecule has 1 N–H and O–H groups in total. The lowest BCUT2D eigenvalue weighted by Crippen LogP contribution is -2.27. The van der Waals surface area contributed by atoms with Gasteiger partial charge in [-0.25, -0.2) is 0 Å². The second kappa shape index (κ2) is 5.82. The van der Waals surface area contributed by atoms with Crippen LogP contribution in [0.15, 0.2) is 23.2 Å². The van der Waals surface area contributed by atoms with E-state index in [9.17, 15) is 0 Å². The van der Waals surface area contributed by atoms with E-state index in [0.717, 1.165) is 36.4 Å². The van der Waals surface area contributed by atoms with Crippen LogP contribution >= 0.6 is 0 Å². The van der Waals surface area contributed by atoms with Crippen LogP contribution in [-0.4, -0.2) is 32.6 Å². The lowest BCUT2D eigenvalue weighted by atomic mass is 9.96. The van der Waals surface area contributed by atoms with Crippen molar-refractivity contribution >= 4 is 6.34 Å². The fourth-order valence-electron chi connectivity index (χ4n) is 4.26. The van der Waals surface area contributed by atoms with Gasteiger partial charge in [-0.05, 0) is 55.2 Å². The summed E-state index contributed by atoms with van der Waals surface area (Å²) in [5, 5.41) is 3.21. The van der Waals surface area contributed by atoms with Crippen molar-refractivity contribution < 1.29 is 9.47 Å². The van der Waals surface area contributed by atoms with Crippen molar-refractivity contribution in [3.05, 3.63) is 23.8 Å². The van der Waals surface area contributed by atoms with Gasteiger partial charge in [0.25, 0.3) is 0 Å². The summed E-state index contributed by atoms with van der Waals surface area (Å²) in [6, 6.07) is 6.34. The second-order valence-electron chi connectivity index (χ2n) is 6.84. The summed E-state index contributed by atoms with van der Waals surface area (Å²) >= 11 is 0. The molecule has 0 saturated heterocycles. The van der Waals surface area contributed by atoms with Crippen LogP contribution in [0.4, 0.5) is 0 Å². The maximum absolute atomic E-state index is 6.38. The molecule has 2 saturated carbocycles. The van der Waals surface area contributed by atoms with Gasteiger partial charge in [-0.1, -0.05) is 6.07 Å². The fraction of sp³-hybridized carbons (Fsp3) is 0.611. The van der Waals surface area contributed by atoms with Crippen LogP contribution in [0.2, 0.25) is 0 Å². The van der Waals surface area contributed by atoms with Gasteiger partial charge in [0.05, 0.1) is 13.4 Å². The Morgan fingerprint density at radius 1 is 1.18 bits per heavy atom. The first-order valence-corrected chi connectivity index (χ1v) is 8.39. The van der Waals surface area contributed by atoms with Gasteiger partial charge in [-0.3, -0.25) is 4.99 Å². The van der Waals surface area contributed by atoms with E-state index in [4.69, 9.17) is 9.47 Å². The first kappa shape index (κ1) is 13.9. The molecule has 22 heavy (non-hydrogen) atoms. The molecule has 2 aliphatic carbocycles. The van der Waals surface area contributed by atoms with Gasteiger partial charge >= 0.3 is 0 Å². The highest BCUT2D eigenvalue weighted by atomic mass is 16.5. The molecule has 0 aromatic heterocycles. The summed E-state index contributed by atoms with van der Waals surface area (Å²) in [6.07, 6.45) is 7.48. The van der Waals surface area contributed by atoms with E-state index in [1.54, 1.807) is 13.4 Å². The topological polar surface area (TPSA) is 42.8 Å². The Bertz CT molecular complexity index is 572. The smallest absolute Gasteiger partial charge is 0.161 e. The Hall–Kier alpha value is -1.71. The molecule has 0 radical (unpaired) electrons. The molecule has 2 fully saturated rings. The predicted octanol–water partition coefficient (Wildman–Crippen LogP) is 2.98. The van der Waals surface area contributed by atoms with Crippen molar-refractivity contribution in [1.82, 2.24) is 5.32 Å². The molecule has 1 heterocycles. The second-order valence-corrected chi connectivity index (χ2v) is 6.84. The Labute approximate surface area is 131 Å². The lowest BCUT2D eigenvalue weighted by molar-refractivity contribution is 0.133. The fourth-order valence-corrected chi connectivity index (χ4v) is 4.26. The number of nitrogens with zero attached hydrogens (tertiary/aromatic N) is 1. The summed E-state index contributed by atoms with van der Waals surface area (Å²) in [6.45, 7) is 1.77. The first-order valence-electron chi connectivity index (χ1n) is 8.39. The third-order valence-corrected chi connectivity index (χ3v) is 5.48. The van der Waals surface area contributed by atoms with E-state index in [-0.39, 0.29) is 0 Å². The molecule has 4 rings (SSSR count). The average Bonchev–Trinajstić information content (AvgIpc) is 3.18. The van der Waals surface area contributed by atoms with Gasteiger partial charge in [0, 0.05) is 19.0 Å². The molecule has 4 atom stereocenters.